The molecule has 1 heterocycles. The maximum absolute atomic E-state index is 11.9. The van der Waals surface area contributed by atoms with Crippen LogP contribution in [0.15, 0.2) is 0 Å². The quantitative estimate of drug-likeness (QED) is 0.685. The Hall–Kier alpha value is -0.970. The Kier molecular flexibility index (Phi) is 4.85. The Bertz CT molecular complexity index is 328. The molecule has 18 heavy (non-hydrogen) atoms. The minimum Gasteiger partial charge on any atom is -0.444 e. The van der Waals surface area contributed by atoms with Crippen LogP contribution in [0.2, 0.25) is 0 Å². The number of rotatable bonds is 1. The molecule has 0 bridgehead atoms. The van der Waals surface area contributed by atoms with Crippen LogP contribution in [0.25, 0.3) is 0 Å². The maximum Gasteiger partial charge on any atom is 0.410 e. The SMILES string of the molecule is C[C@@H]1CN(C(=O)OC(C)(C)C)CCN1C(=O)CCl. The van der Waals surface area contributed by atoms with Crippen LogP contribution in [-0.2, 0) is 9.53 Å². The van der Waals surface area contributed by atoms with Gasteiger partial charge in [-0.1, -0.05) is 0 Å². The molecule has 0 aromatic carbocycles. The molecule has 1 aliphatic heterocycles. The van der Waals surface area contributed by atoms with E-state index >= 15 is 0 Å². The van der Waals surface area contributed by atoms with Crippen molar-refractivity contribution in [2.24, 2.45) is 0 Å². The molecule has 0 aliphatic carbocycles. The minimum atomic E-state index is -0.497. The van der Waals surface area contributed by atoms with E-state index in [1.165, 1.54) is 0 Å². The summed E-state index contributed by atoms with van der Waals surface area (Å²) in [5, 5.41) is 0. The lowest BCUT2D eigenvalue weighted by molar-refractivity contribution is -0.132. The highest BCUT2D eigenvalue weighted by Crippen LogP contribution is 2.15. The molecule has 2 amide bonds. The van der Waals surface area contributed by atoms with Gasteiger partial charge in [0.05, 0.1) is 0 Å². The lowest BCUT2D eigenvalue weighted by Crippen LogP contribution is -2.56. The first-order valence-corrected chi connectivity index (χ1v) is 6.61. The summed E-state index contributed by atoms with van der Waals surface area (Å²) in [5.41, 5.74) is -0.497. The Balaban J connectivity index is 2.55. The van der Waals surface area contributed by atoms with Gasteiger partial charge >= 0.3 is 6.09 Å². The molecule has 1 aliphatic rings. The van der Waals surface area contributed by atoms with Gasteiger partial charge in [0.2, 0.25) is 5.91 Å². The van der Waals surface area contributed by atoms with E-state index in [1.807, 2.05) is 27.7 Å². The summed E-state index contributed by atoms with van der Waals surface area (Å²) in [6, 6.07) is -0.0301. The number of amides is 2. The third-order valence-corrected chi connectivity index (χ3v) is 2.94. The number of halogens is 1. The highest BCUT2D eigenvalue weighted by Gasteiger charge is 2.31. The van der Waals surface area contributed by atoms with Crippen LogP contribution < -0.4 is 0 Å². The Morgan fingerprint density at radius 1 is 1.33 bits per heavy atom. The Morgan fingerprint density at radius 2 is 1.94 bits per heavy atom. The van der Waals surface area contributed by atoms with E-state index in [9.17, 15) is 9.59 Å². The fourth-order valence-electron chi connectivity index (χ4n) is 1.90. The van der Waals surface area contributed by atoms with E-state index in [0.29, 0.717) is 19.6 Å². The van der Waals surface area contributed by atoms with Crippen molar-refractivity contribution in [1.82, 2.24) is 9.80 Å². The van der Waals surface area contributed by atoms with Crippen molar-refractivity contribution in [2.45, 2.75) is 39.3 Å². The van der Waals surface area contributed by atoms with Crippen molar-refractivity contribution in [3.63, 3.8) is 0 Å². The van der Waals surface area contributed by atoms with Gasteiger partial charge in [-0.3, -0.25) is 4.79 Å². The number of carbonyl (C=O) groups excluding carboxylic acids is 2. The molecular formula is C12H21ClN2O3. The zero-order valence-electron chi connectivity index (χ0n) is 11.4. The maximum atomic E-state index is 11.9. The molecule has 0 spiro atoms. The number of nitrogens with zero attached hydrogens (tertiary/aromatic N) is 2. The standard InChI is InChI=1S/C12H21ClN2O3/c1-9-8-14(11(17)18-12(2,3)4)5-6-15(9)10(16)7-13/h9H,5-8H2,1-4H3/t9-/m1/s1. The lowest BCUT2D eigenvalue weighted by atomic mass is 10.2. The smallest absolute Gasteiger partial charge is 0.410 e. The predicted molar refractivity (Wildman–Crippen MR) is 69.7 cm³/mol. The van der Waals surface area contributed by atoms with Crippen LogP contribution in [0.5, 0.6) is 0 Å². The average Bonchev–Trinajstić information content (AvgIpc) is 2.25. The molecule has 0 aromatic rings. The highest BCUT2D eigenvalue weighted by molar-refractivity contribution is 6.27. The van der Waals surface area contributed by atoms with Crippen molar-refractivity contribution >= 4 is 23.6 Å². The van der Waals surface area contributed by atoms with Crippen molar-refractivity contribution < 1.29 is 14.3 Å². The number of carbonyl (C=O) groups is 2. The van der Waals surface area contributed by atoms with E-state index in [2.05, 4.69) is 0 Å². The molecule has 0 radical (unpaired) electrons. The van der Waals surface area contributed by atoms with Crippen LogP contribution >= 0.6 is 11.6 Å². The van der Waals surface area contributed by atoms with Gasteiger partial charge in [0.25, 0.3) is 0 Å². The summed E-state index contributed by atoms with van der Waals surface area (Å²) in [6.45, 7) is 8.89. The van der Waals surface area contributed by atoms with Crippen molar-refractivity contribution in [3.05, 3.63) is 0 Å². The molecule has 104 valence electrons. The van der Waals surface area contributed by atoms with Crippen LogP contribution in [-0.4, -0.2) is 59.0 Å². The molecule has 0 N–H and O–H groups in total. The molecule has 5 nitrogen and oxygen atoms in total. The average molecular weight is 277 g/mol. The summed E-state index contributed by atoms with van der Waals surface area (Å²) in [4.78, 5) is 26.8. The Morgan fingerprint density at radius 3 is 2.39 bits per heavy atom. The zero-order valence-corrected chi connectivity index (χ0v) is 12.2. The van der Waals surface area contributed by atoms with E-state index < -0.39 is 5.60 Å². The van der Waals surface area contributed by atoms with E-state index in [1.54, 1.807) is 9.80 Å². The van der Waals surface area contributed by atoms with E-state index in [0.717, 1.165) is 0 Å². The van der Waals surface area contributed by atoms with Crippen LogP contribution in [0.3, 0.4) is 0 Å². The molecule has 0 saturated carbocycles. The van der Waals surface area contributed by atoms with Crippen molar-refractivity contribution in [2.75, 3.05) is 25.5 Å². The molecule has 1 rings (SSSR count). The molecule has 0 unspecified atom stereocenters. The normalized spacial score (nSPS) is 20.8. The largest absolute Gasteiger partial charge is 0.444 e. The van der Waals surface area contributed by atoms with E-state index in [-0.39, 0.29) is 23.9 Å². The van der Waals surface area contributed by atoms with Gasteiger partial charge in [-0.2, -0.15) is 0 Å². The number of hydrogen-bond acceptors (Lipinski definition) is 3. The molecule has 1 saturated heterocycles. The monoisotopic (exact) mass is 276 g/mol. The number of hydrogen-bond donors (Lipinski definition) is 0. The zero-order chi connectivity index (χ0) is 13.9. The van der Waals surface area contributed by atoms with Gasteiger partial charge in [-0.05, 0) is 27.7 Å². The van der Waals surface area contributed by atoms with Crippen LogP contribution in [0, 0.1) is 0 Å². The first-order chi connectivity index (χ1) is 8.24. The topological polar surface area (TPSA) is 49.9 Å². The van der Waals surface area contributed by atoms with Gasteiger partial charge < -0.3 is 14.5 Å². The van der Waals surface area contributed by atoms with Crippen molar-refractivity contribution in [3.8, 4) is 0 Å². The van der Waals surface area contributed by atoms with Crippen molar-refractivity contribution in [1.29, 1.82) is 0 Å². The summed E-state index contributed by atoms with van der Waals surface area (Å²) < 4.78 is 5.31. The fraction of sp³-hybridized carbons (Fsp3) is 0.833. The summed E-state index contributed by atoms with van der Waals surface area (Å²) in [7, 11) is 0. The van der Waals surface area contributed by atoms with E-state index in [4.69, 9.17) is 16.3 Å². The van der Waals surface area contributed by atoms with Crippen LogP contribution in [0.4, 0.5) is 4.79 Å². The van der Waals surface area contributed by atoms with Gasteiger partial charge in [0.1, 0.15) is 11.5 Å². The summed E-state index contributed by atoms with van der Waals surface area (Å²) >= 11 is 5.54. The van der Waals surface area contributed by atoms with Gasteiger partial charge in [0.15, 0.2) is 0 Å². The van der Waals surface area contributed by atoms with Crippen LogP contribution in [0.1, 0.15) is 27.7 Å². The van der Waals surface area contributed by atoms with Gasteiger partial charge in [-0.25, -0.2) is 4.79 Å². The number of alkyl halides is 1. The fourth-order valence-corrected chi connectivity index (χ4v) is 2.05. The first kappa shape index (κ1) is 15.1. The van der Waals surface area contributed by atoms with Gasteiger partial charge in [-0.15, -0.1) is 11.6 Å². The Labute approximate surface area is 113 Å². The molecule has 1 atom stereocenters. The predicted octanol–water partition coefficient (Wildman–Crippen LogP) is 1.69. The second-order valence-corrected chi connectivity index (χ2v) is 5.76. The third-order valence-electron chi connectivity index (χ3n) is 2.71. The second-order valence-electron chi connectivity index (χ2n) is 5.50. The number of ether oxygens (including phenoxy) is 1. The second kappa shape index (κ2) is 5.78. The van der Waals surface area contributed by atoms with Gasteiger partial charge in [0, 0.05) is 25.7 Å². The molecule has 1 fully saturated rings. The lowest BCUT2D eigenvalue weighted by Gasteiger charge is -2.39. The first-order valence-electron chi connectivity index (χ1n) is 6.08. The third kappa shape index (κ3) is 4.05. The molecular weight excluding hydrogens is 256 g/mol. The summed E-state index contributed by atoms with van der Waals surface area (Å²) in [6.07, 6.45) is -0.327. The minimum absolute atomic E-state index is 0.0171. The molecule has 6 heteroatoms. The number of piperazine rings is 1. The highest BCUT2D eigenvalue weighted by atomic mass is 35.5. The summed E-state index contributed by atoms with van der Waals surface area (Å²) in [5.74, 6) is -0.107. The molecule has 0 aromatic heterocycles.